The van der Waals surface area contributed by atoms with E-state index in [1.54, 1.807) is 0 Å². The average molecular weight is 637 g/mol. The maximum Gasteiger partial charge on any atom is 0.0562 e. The molecule has 234 valence electrons. The maximum atomic E-state index is 2.44. The molecule has 0 saturated heterocycles. The van der Waals surface area contributed by atoms with E-state index < -0.39 is 0 Å². The van der Waals surface area contributed by atoms with E-state index in [0.717, 1.165) is 11.4 Å². The second-order valence-corrected chi connectivity index (χ2v) is 13.0. The molecule has 0 aliphatic carbocycles. The highest BCUT2D eigenvalue weighted by Gasteiger charge is 2.19. The first-order valence-electron chi connectivity index (χ1n) is 17.2. The van der Waals surface area contributed by atoms with Gasteiger partial charge in [-0.1, -0.05) is 146 Å². The van der Waals surface area contributed by atoms with Crippen LogP contribution >= 0.6 is 0 Å². The summed E-state index contributed by atoms with van der Waals surface area (Å²) < 4.78 is 4.87. The van der Waals surface area contributed by atoms with Gasteiger partial charge in [0.2, 0.25) is 0 Å². The van der Waals surface area contributed by atoms with Crippen LogP contribution in [0.25, 0.3) is 88.4 Å². The lowest BCUT2D eigenvalue weighted by atomic mass is 10.00. The third-order valence-electron chi connectivity index (χ3n) is 10.1. The molecule has 0 unspecified atom stereocenters. The molecule has 2 heteroatoms. The molecule has 2 heterocycles. The Balaban J connectivity index is 1.19. The molecule has 0 fully saturated rings. The lowest BCUT2D eigenvalue weighted by Crippen LogP contribution is -1.96. The van der Waals surface area contributed by atoms with Gasteiger partial charge < -0.3 is 9.13 Å². The molecule has 0 N–H and O–H groups in total. The van der Waals surface area contributed by atoms with Crippen molar-refractivity contribution in [2.24, 2.45) is 0 Å². The van der Waals surface area contributed by atoms with Gasteiger partial charge in [-0.05, 0) is 81.9 Å². The third-order valence-corrected chi connectivity index (χ3v) is 10.1. The SMILES string of the molecule is c1ccc(-c2ccc(-c3cccc(-n4c5ccccc5c5cc6c7ccccc7n(-c7cccc(-c8ccccc8)c7)c6cc54)c3)cc2)cc1. The van der Waals surface area contributed by atoms with Crippen molar-refractivity contribution >= 4 is 43.6 Å². The third kappa shape index (κ3) is 4.57. The highest BCUT2D eigenvalue weighted by Crippen LogP contribution is 2.40. The Hall–Kier alpha value is -6.64. The topological polar surface area (TPSA) is 9.86 Å². The summed E-state index contributed by atoms with van der Waals surface area (Å²) in [5.41, 5.74) is 14.4. The summed E-state index contributed by atoms with van der Waals surface area (Å²) >= 11 is 0. The van der Waals surface area contributed by atoms with Gasteiger partial charge in [-0.3, -0.25) is 0 Å². The Labute approximate surface area is 290 Å². The molecule has 0 spiro atoms. The first-order valence-corrected chi connectivity index (χ1v) is 17.2. The smallest absolute Gasteiger partial charge is 0.0562 e. The molecular formula is C48H32N2. The van der Waals surface area contributed by atoms with Gasteiger partial charge in [0.25, 0.3) is 0 Å². The number of fused-ring (bicyclic) bond motifs is 6. The van der Waals surface area contributed by atoms with E-state index in [1.807, 2.05) is 0 Å². The lowest BCUT2D eigenvalue weighted by molar-refractivity contribution is 1.16. The number of nitrogens with zero attached hydrogens (tertiary/aromatic N) is 2. The molecule has 0 radical (unpaired) electrons. The van der Waals surface area contributed by atoms with Crippen molar-refractivity contribution in [3.63, 3.8) is 0 Å². The van der Waals surface area contributed by atoms with Crippen LogP contribution in [0.1, 0.15) is 0 Å². The van der Waals surface area contributed by atoms with Gasteiger partial charge in [-0.2, -0.15) is 0 Å². The molecule has 0 aliphatic rings. The summed E-state index contributed by atoms with van der Waals surface area (Å²) in [7, 11) is 0. The van der Waals surface area contributed by atoms with Crippen LogP contribution in [-0.2, 0) is 0 Å². The lowest BCUT2D eigenvalue weighted by Gasteiger charge is -2.12. The Morgan fingerprint density at radius 2 is 0.600 bits per heavy atom. The van der Waals surface area contributed by atoms with Crippen molar-refractivity contribution in [2.75, 3.05) is 0 Å². The molecule has 8 aromatic carbocycles. The first kappa shape index (κ1) is 28.4. The van der Waals surface area contributed by atoms with Crippen LogP contribution in [0, 0.1) is 0 Å². The van der Waals surface area contributed by atoms with Gasteiger partial charge in [0.1, 0.15) is 0 Å². The maximum absolute atomic E-state index is 2.44. The monoisotopic (exact) mass is 636 g/mol. The molecular weight excluding hydrogens is 605 g/mol. The zero-order valence-corrected chi connectivity index (χ0v) is 27.4. The van der Waals surface area contributed by atoms with Crippen molar-refractivity contribution in [1.82, 2.24) is 9.13 Å². The standard InChI is InChI=1S/C48H32N2/c1-3-13-33(14-4-1)35-25-27-36(28-26-35)38-18-12-20-40(30-38)50-46-24-10-8-22-42(46)44-31-43-41-21-7-9-23-45(41)49(47(43)32-48(44)50)39-19-11-17-37(29-39)34-15-5-2-6-16-34/h1-32H. The molecule has 0 aliphatic heterocycles. The van der Waals surface area contributed by atoms with E-state index >= 15 is 0 Å². The zero-order chi connectivity index (χ0) is 33.0. The predicted molar refractivity (Wildman–Crippen MR) is 211 cm³/mol. The second kappa shape index (κ2) is 11.5. The largest absolute Gasteiger partial charge is 0.309 e. The fourth-order valence-corrected chi connectivity index (χ4v) is 7.75. The van der Waals surface area contributed by atoms with E-state index in [1.165, 1.54) is 77.0 Å². The summed E-state index contributed by atoms with van der Waals surface area (Å²) in [5.74, 6) is 0. The van der Waals surface area contributed by atoms with Crippen LogP contribution < -0.4 is 0 Å². The van der Waals surface area contributed by atoms with Crippen LogP contribution in [0.2, 0.25) is 0 Å². The van der Waals surface area contributed by atoms with Crippen molar-refractivity contribution < 1.29 is 0 Å². The van der Waals surface area contributed by atoms with E-state index in [9.17, 15) is 0 Å². The van der Waals surface area contributed by atoms with E-state index in [4.69, 9.17) is 0 Å². The molecule has 0 bridgehead atoms. The van der Waals surface area contributed by atoms with Crippen LogP contribution in [-0.4, -0.2) is 9.13 Å². The highest BCUT2D eigenvalue weighted by molar-refractivity contribution is 6.19. The Morgan fingerprint density at radius 3 is 1.10 bits per heavy atom. The first-order chi connectivity index (χ1) is 24.8. The Kier molecular flexibility index (Phi) is 6.53. The van der Waals surface area contributed by atoms with Gasteiger partial charge in [-0.25, -0.2) is 0 Å². The van der Waals surface area contributed by atoms with Crippen molar-refractivity contribution in [3.8, 4) is 44.8 Å². The minimum atomic E-state index is 1.15. The van der Waals surface area contributed by atoms with Crippen molar-refractivity contribution in [1.29, 1.82) is 0 Å². The van der Waals surface area contributed by atoms with Crippen LogP contribution in [0.15, 0.2) is 194 Å². The number of rotatable bonds is 5. The number of benzene rings is 8. The van der Waals surface area contributed by atoms with Crippen molar-refractivity contribution in [3.05, 3.63) is 194 Å². The minimum Gasteiger partial charge on any atom is -0.309 e. The Bertz CT molecular complexity index is 2840. The quantitative estimate of drug-likeness (QED) is 0.178. The summed E-state index contributed by atoms with van der Waals surface area (Å²) in [6, 6.07) is 70.4. The number of para-hydroxylation sites is 2. The van der Waals surface area contributed by atoms with Crippen LogP contribution in [0.5, 0.6) is 0 Å². The molecule has 10 aromatic rings. The summed E-state index contributed by atoms with van der Waals surface area (Å²) in [6.07, 6.45) is 0. The molecule has 0 atom stereocenters. The predicted octanol–water partition coefficient (Wildman–Crippen LogP) is 12.9. The van der Waals surface area contributed by atoms with E-state index in [-0.39, 0.29) is 0 Å². The number of aromatic nitrogens is 2. The van der Waals surface area contributed by atoms with E-state index in [2.05, 4.69) is 203 Å². The normalized spacial score (nSPS) is 11.6. The van der Waals surface area contributed by atoms with Crippen LogP contribution in [0.4, 0.5) is 0 Å². The molecule has 2 nitrogen and oxygen atoms in total. The van der Waals surface area contributed by atoms with E-state index in [0.29, 0.717) is 0 Å². The molecule has 0 saturated carbocycles. The average Bonchev–Trinajstić information content (AvgIpc) is 3.70. The number of hydrogen-bond donors (Lipinski definition) is 0. The highest BCUT2D eigenvalue weighted by atomic mass is 15.0. The van der Waals surface area contributed by atoms with Crippen LogP contribution in [0.3, 0.4) is 0 Å². The van der Waals surface area contributed by atoms with Gasteiger partial charge in [-0.15, -0.1) is 0 Å². The van der Waals surface area contributed by atoms with Gasteiger partial charge >= 0.3 is 0 Å². The summed E-state index contributed by atoms with van der Waals surface area (Å²) in [6.45, 7) is 0. The Morgan fingerprint density at radius 1 is 0.220 bits per heavy atom. The molecule has 10 rings (SSSR count). The minimum absolute atomic E-state index is 1.15. The number of hydrogen-bond acceptors (Lipinski definition) is 0. The molecule has 2 aromatic heterocycles. The summed E-state index contributed by atoms with van der Waals surface area (Å²) in [5, 5.41) is 5.03. The fourth-order valence-electron chi connectivity index (χ4n) is 7.75. The van der Waals surface area contributed by atoms with Gasteiger partial charge in [0.05, 0.1) is 22.1 Å². The second-order valence-electron chi connectivity index (χ2n) is 13.0. The zero-order valence-electron chi connectivity index (χ0n) is 27.4. The fraction of sp³-hybridized carbons (Fsp3) is 0. The molecule has 0 amide bonds. The van der Waals surface area contributed by atoms with Gasteiger partial charge in [0.15, 0.2) is 0 Å². The van der Waals surface area contributed by atoms with Gasteiger partial charge in [0, 0.05) is 32.9 Å². The summed E-state index contributed by atoms with van der Waals surface area (Å²) in [4.78, 5) is 0. The van der Waals surface area contributed by atoms with Crippen molar-refractivity contribution in [2.45, 2.75) is 0 Å². The molecule has 50 heavy (non-hydrogen) atoms.